The molecule has 1 aliphatic carbocycles. The first-order valence-electron chi connectivity index (χ1n) is 6.78. The summed E-state index contributed by atoms with van der Waals surface area (Å²) >= 11 is 0. The van der Waals surface area contributed by atoms with Crippen LogP contribution in [0.5, 0.6) is 0 Å². The molecule has 0 radical (unpaired) electrons. The van der Waals surface area contributed by atoms with Crippen molar-refractivity contribution >= 4 is 22.4 Å². The average molecular weight is 294 g/mol. The maximum absolute atomic E-state index is 12.1. The molecule has 5 heteroatoms. The molecule has 1 atom stereocenters. The van der Waals surface area contributed by atoms with E-state index in [0.29, 0.717) is 5.75 Å². The van der Waals surface area contributed by atoms with Gasteiger partial charge in [0.05, 0.1) is 5.54 Å². The SMILES string of the molecule is CC(C)(C)S(=O)Cc1cccc(NC(=O)C2(N)CC2)c1. The zero-order valence-electron chi connectivity index (χ0n) is 12.2. The van der Waals surface area contributed by atoms with Crippen molar-refractivity contribution in [2.24, 2.45) is 5.73 Å². The monoisotopic (exact) mass is 294 g/mol. The second kappa shape index (κ2) is 5.30. The quantitative estimate of drug-likeness (QED) is 0.894. The molecule has 0 spiro atoms. The van der Waals surface area contributed by atoms with Gasteiger partial charge in [-0.25, -0.2) is 0 Å². The van der Waals surface area contributed by atoms with E-state index in [1.807, 2.05) is 45.0 Å². The standard InChI is InChI=1S/C15H22N2O2S/c1-14(2,3)20(19)10-11-5-4-6-12(9-11)17-13(18)15(16)7-8-15/h4-6,9H,7-8,10,16H2,1-3H3,(H,17,18). The topological polar surface area (TPSA) is 72.2 Å². The van der Waals surface area contributed by atoms with Gasteiger partial charge in [0.1, 0.15) is 0 Å². The number of hydrogen-bond donors (Lipinski definition) is 2. The summed E-state index contributed by atoms with van der Waals surface area (Å²) in [5.74, 6) is 0.354. The van der Waals surface area contributed by atoms with Crippen LogP contribution in [0.1, 0.15) is 39.2 Å². The number of nitrogens with two attached hydrogens (primary N) is 1. The fourth-order valence-electron chi connectivity index (χ4n) is 1.72. The van der Waals surface area contributed by atoms with E-state index in [0.717, 1.165) is 24.1 Å². The van der Waals surface area contributed by atoms with Crippen molar-refractivity contribution in [2.75, 3.05) is 5.32 Å². The van der Waals surface area contributed by atoms with Gasteiger partial charge in [0.15, 0.2) is 0 Å². The third-order valence-electron chi connectivity index (χ3n) is 3.41. The van der Waals surface area contributed by atoms with E-state index in [4.69, 9.17) is 5.73 Å². The Morgan fingerprint density at radius 1 is 1.40 bits per heavy atom. The second-order valence-corrected chi connectivity index (χ2v) is 8.62. The fourth-order valence-corrected chi connectivity index (χ4v) is 2.64. The number of rotatable bonds is 4. The van der Waals surface area contributed by atoms with E-state index in [1.54, 1.807) is 0 Å². The maximum atomic E-state index is 12.1. The normalized spacial score (nSPS) is 18.4. The number of anilines is 1. The Hall–Kier alpha value is -1.20. The fraction of sp³-hybridized carbons (Fsp3) is 0.533. The lowest BCUT2D eigenvalue weighted by atomic mass is 10.2. The van der Waals surface area contributed by atoms with Crippen LogP contribution in [0.3, 0.4) is 0 Å². The van der Waals surface area contributed by atoms with Crippen LogP contribution in [0.25, 0.3) is 0 Å². The Morgan fingerprint density at radius 2 is 2.05 bits per heavy atom. The molecule has 110 valence electrons. The molecule has 4 nitrogen and oxygen atoms in total. The smallest absolute Gasteiger partial charge is 0.244 e. The summed E-state index contributed by atoms with van der Waals surface area (Å²) in [6.45, 7) is 5.88. The number of carbonyl (C=O) groups excluding carboxylic acids is 1. The summed E-state index contributed by atoms with van der Waals surface area (Å²) < 4.78 is 11.9. The lowest BCUT2D eigenvalue weighted by molar-refractivity contribution is -0.118. The molecule has 0 saturated heterocycles. The number of carbonyl (C=O) groups is 1. The molecule has 0 aromatic heterocycles. The molecule has 1 aliphatic rings. The van der Waals surface area contributed by atoms with Crippen LogP contribution in [0.4, 0.5) is 5.69 Å². The third kappa shape index (κ3) is 3.67. The van der Waals surface area contributed by atoms with Crippen molar-refractivity contribution in [1.82, 2.24) is 0 Å². The molecule has 1 aromatic rings. The van der Waals surface area contributed by atoms with Crippen LogP contribution in [0, 0.1) is 0 Å². The van der Waals surface area contributed by atoms with Gasteiger partial charge in [0, 0.05) is 27.0 Å². The maximum Gasteiger partial charge on any atom is 0.244 e. The molecule has 0 heterocycles. The van der Waals surface area contributed by atoms with Crippen LogP contribution in [-0.2, 0) is 21.3 Å². The highest BCUT2D eigenvalue weighted by molar-refractivity contribution is 7.85. The van der Waals surface area contributed by atoms with Gasteiger partial charge < -0.3 is 11.1 Å². The molecule has 2 rings (SSSR count). The molecule has 1 fully saturated rings. The minimum absolute atomic E-state index is 0.133. The van der Waals surface area contributed by atoms with E-state index in [-0.39, 0.29) is 10.7 Å². The van der Waals surface area contributed by atoms with Crippen molar-refractivity contribution in [1.29, 1.82) is 0 Å². The summed E-state index contributed by atoms with van der Waals surface area (Å²) in [7, 11) is -0.951. The van der Waals surface area contributed by atoms with E-state index in [2.05, 4.69) is 5.32 Å². The van der Waals surface area contributed by atoms with Crippen molar-refractivity contribution in [3.63, 3.8) is 0 Å². The first-order valence-corrected chi connectivity index (χ1v) is 8.10. The molecule has 1 saturated carbocycles. The van der Waals surface area contributed by atoms with E-state index >= 15 is 0 Å². The molecule has 1 amide bonds. The summed E-state index contributed by atoms with van der Waals surface area (Å²) in [5.41, 5.74) is 6.85. The summed E-state index contributed by atoms with van der Waals surface area (Å²) in [6.07, 6.45) is 1.49. The minimum Gasteiger partial charge on any atom is -0.324 e. The minimum atomic E-state index is -0.951. The second-order valence-electron chi connectivity index (χ2n) is 6.41. The van der Waals surface area contributed by atoms with E-state index < -0.39 is 16.3 Å². The summed E-state index contributed by atoms with van der Waals surface area (Å²) in [6, 6.07) is 7.48. The zero-order chi connectivity index (χ0) is 15.0. The first kappa shape index (κ1) is 15.2. The Labute approximate surface area is 122 Å². The lowest BCUT2D eigenvalue weighted by Crippen LogP contribution is -2.37. The highest BCUT2D eigenvalue weighted by Gasteiger charge is 2.45. The predicted octanol–water partition coefficient (Wildman–Crippen LogP) is 2.16. The molecule has 0 aliphatic heterocycles. The molecule has 1 unspecified atom stereocenters. The Morgan fingerprint density at radius 3 is 2.60 bits per heavy atom. The molecule has 1 aromatic carbocycles. The van der Waals surface area contributed by atoms with Gasteiger partial charge in [0.25, 0.3) is 0 Å². The van der Waals surface area contributed by atoms with Gasteiger partial charge in [-0.05, 0) is 51.3 Å². The Kier molecular flexibility index (Phi) is 4.02. The van der Waals surface area contributed by atoms with Crippen LogP contribution < -0.4 is 11.1 Å². The Balaban J connectivity index is 2.04. The molecule has 3 N–H and O–H groups in total. The molecular weight excluding hydrogens is 272 g/mol. The van der Waals surface area contributed by atoms with Gasteiger partial charge in [0.2, 0.25) is 5.91 Å². The highest BCUT2D eigenvalue weighted by atomic mass is 32.2. The van der Waals surface area contributed by atoms with Crippen molar-refractivity contribution in [2.45, 2.75) is 49.7 Å². The third-order valence-corrected chi connectivity index (χ3v) is 5.37. The van der Waals surface area contributed by atoms with Crippen molar-refractivity contribution in [3.05, 3.63) is 29.8 Å². The lowest BCUT2D eigenvalue weighted by Gasteiger charge is -2.18. The van der Waals surface area contributed by atoms with Gasteiger partial charge in [-0.15, -0.1) is 0 Å². The van der Waals surface area contributed by atoms with Crippen LogP contribution in [0.15, 0.2) is 24.3 Å². The van der Waals surface area contributed by atoms with Crippen molar-refractivity contribution in [3.8, 4) is 0 Å². The van der Waals surface area contributed by atoms with Gasteiger partial charge in [-0.2, -0.15) is 0 Å². The molecule has 0 bridgehead atoms. The average Bonchev–Trinajstić information content (AvgIpc) is 3.08. The highest BCUT2D eigenvalue weighted by Crippen LogP contribution is 2.33. The number of nitrogens with one attached hydrogen (secondary N) is 1. The number of amides is 1. The first-order chi connectivity index (χ1) is 9.21. The number of benzene rings is 1. The number of hydrogen-bond acceptors (Lipinski definition) is 3. The molecule has 20 heavy (non-hydrogen) atoms. The van der Waals surface area contributed by atoms with E-state index in [1.165, 1.54) is 0 Å². The van der Waals surface area contributed by atoms with E-state index in [9.17, 15) is 9.00 Å². The Bertz CT molecular complexity index is 511. The summed E-state index contributed by atoms with van der Waals surface area (Å²) in [5, 5.41) is 2.83. The van der Waals surface area contributed by atoms with Crippen molar-refractivity contribution < 1.29 is 9.00 Å². The van der Waals surface area contributed by atoms with Crippen LogP contribution in [0.2, 0.25) is 0 Å². The van der Waals surface area contributed by atoms with Gasteiger partial charge >= 0.3 is 0 Å². The predicted molar refractivity (Wildman–Crippen MR) is 82.8 cm³/mol. The molecular formula is C15H22N2O2S. The van der Waals surface area contributed by atoms with Crippen LogP contribution >= 0.6 is 0 Å². The largest absolute Gasteiger partial charge is 0.324 e. The zero-order valence-corrected chi connectivity index (χ0v) is 13.0. The van der Waals surface area contributed by atoms with Crippen LogP contribution in [-0.4, -0.2) is 20.4 Å². The van der Waals surface area contributed by atoms with Gasteiger partial charge in [-0.3, -0.25) is 9.00 Å². The van der Waals surface area contributed by atoms with Gasteiger partial charge in [-0.1, -0.05) is 12.1 Å². The summed E-state index contributed by atoms with van der Waals surface area (Å²) in [4.78, 5) is 11.9.